The molecule has 0 aliphatic heterocycles. The topological polar surface area (TPSA) is 53.1 Å². The Morgan fingerprint density at radius 2 is 2.11 bits per heavy atom. The number of methoxy groups -OCH3 is 1. The molecule has 19 heavy (non-hydrogen) atoms. The maximum atomic E-state index is 6.08. The van der Waals surface area contributed by atoms with Gasteiger partial charge in [-0.05, 0) is 25.0 Å². The molecule has 0 radical (unpaired) electrons. The molecule has 1 aromatic carbocycles. The summed E-state index contributed by atoms with van der Waals surface area (Å²) in [7, 11) is 1.66. The predicted molar refractivity (Wildman–Crippen MR) is 78.2 cm³/mol. The summed E-state index contributed by atoms with van der Waals surface area (Å²) >= 11 is 0. The summed E-state index contributed by atoms with van der Waals surface area (Å²) in [6, 6.07) is 6.02. The van der Waals surface area contributed by atoms with Crippen molar-refractivity contribution in [2.75, 3.05) is 12.8 Å². The van der Waals surface area contributed by atoms with Gasteiger partial charge in [-0.2, -0.15) is 5.10 Å². The Labute approximate surface area is 114 Å². The molecule has 0 aliphatic carbocycles. The van der Waals surface area contributed by atoms with E-state index in [-0.39, 0.29) is 0 Å². The predicted octanol–water partition coefficient (Wildman–Crippen LogP) is 3.11. The minimum Gasteiger partial charge on any atom is -0.496 e. The van der Waals surface area contributed by atoms with Crippen LogP contribution in [0.1, 0.15) is 19.4 Å². The molecule has 2 rings (SSSR count). The Balaban J connectivity index is 2.46. The van der Waals surface area contributed by atoms with Crippen molar-refractivity contribution < 1.29 is 4.74 Å². The van der Waals surface area contributed by atoms with E-state index in [2.05, 4.69) is 25.0 Å². The van der Waals surface area contributed by atoms with Gasteiger partial charge in [0.05, 0.1) is 12.8 Å². The number of ether oxygens (including phenoxy) is 1. The fraction of sp³-hybridized carbons (Fsp3) is 0.400. The lowest BCUT2D eigenvalue weighted by molar-refractivity contribution is 0.416. The molecule has 0 saturated heterocycles. The largest absolute Gasteiger partial charge is 0.496 e. The van der Waals surface area contributed by atoms with Crippen molar-refractivity contribution in [1.82, 2.24) is 9.78 Å². The molecule has 0 bridgehead atoms. The fourth-order valence-corrected chi connectivity index (χ4v) is 2.12. The Morgan fingerprint density at radius 3 is 2.74 bits per heavy atom. The number of rotatable bonds is 4. The van der Waals surface area contributed by atoms with E-state index in [9.17, 15) is 0 Å². The molecule has 4 nitrogen and oxygen atoms in total. The molecule has 0 fully saturated rings. The Kier molecular flexibility index (Phi) is 3.79. The van der Waals surface area contributed by atoms with Gasteiger partial charge in [0.15, 0.2) is 0 Å². The van der Waals surface area contributed by atoms with Gasteiger partial charge in [-0.1, -0.05) is 25.5 Å². The standard InChI is InChI=1S/C15H21N3O/c1-10(2)8-18-9-13(16)15(17-18)12-7-11(3)5-6-14(12)19-4/h5-7,9-10H,8,16H2,1-4H3. The van der Waals surface area contributed by atoms with E-state index in [0.717, 1.165) is 29.1 Å². The zero-order valence-corrected chi connectivity index (χ0v) is 12.0. The van der Waals surface area contributed by atoms with Crippen LogP contribution in [0, 0.1) is 12.8 Å². The number of anilines is 1. The van der Waals surface area contributed by atoms with Crippen LogP contribution in [0.4, 0.5) is 5.69 Å². The van der Waals surface area contributed by atoms with Gasteiger partial charge in [0.1, 0.15) is 11.4 Å². The summed E-state index contributed by atoms with van der Waals surface area (Å²) in [4.78, 5) is 0. The normalized spacial score (nSPS) is 11.0. The summed E-state index contributed by atoms with van der Waals surface area (Å²) in [5.41, 5.74) is 9.67. The number of nitrogens with two attached hydrogens (primary N) is 1. The van der Waals surface area contributed by atoms with Crippen LogP contribution in [-0.4, -0.2) is 16.9 Å². The second kappa shape index (κ2) is 5.34. The number of hydrogen-bond donors (Lipinski definition) is 1. The molecule has 0 amide bonds. The van der Waals surface area contributed by atoms with Gasteiger partial charge in [0, 0.05) is 18.3 Å². The number of nitrogen functional groups attached to an aromatic ring is 1. The van der Waals surface area contributed by atoms with Gasteiger partial charge in [-0.25, -0.2) is 0 Å². The van der Waals surface area contributed by atoms with Gasteiger partial charge < -0.3 is 10.5 Å². The quantitative estimate of drug-likeness (QED) is 0.918. The highest BCUT2D eigenvalue weighted by atomic mass is 16.5. The van der Waals surface area contributed by atoms with Gasteiger partial charge in [0.25, 0.3) is 0 Å². The highest BCUT2D eigenvalue weighted by Gasteiger charge is 2.14. The molecule has 1 heterocycles. The molecular formula is C15H21N3O. The maximum absolute atomic E-state index is 6.08. The Morgan fingerprint density at radius 1 is 1.37 bits per heavy atom. The van der Waals surface area contributed by atoms with Crippen LogP contribution in [0.25, 0.3) is 11.3 Å². The van der Waals surface area contributed by atoms with Crippen LogP contribution in [0.15, 0.2) is 24.4 Å². The molecule has 0 atom stereocenters. The first-order valence-corrected chi connectivity index (χ1v) is 6.49. The first kappa shape index (κ1) is 13.5. The molecule has 4 heteroatoms. The lowest BCUT2D eigenvalue weighted by Gasteiger charge is -2.08. The lowest BCUT2D eigenvalue weighted by atomic mass is 10.1. The second-order valence-electron chi connectivity index (χ2n) is 5.25. The number of aryl methyl sites for hydroxylation is 1. The van der Waals surface area contributed by atoms with E-state index >= 15 is 0 Å². The molecule has 102 valence electrons. The van der Waals surface area contributed by atoms with Crippen LogP contribution in [0.5, 0.6) is 5.75 Å². The lowest BCUT2D eigenvalue weighted by Crippen LogP contribution is -2.04. The van der Waals surface area contributed by atoms with Crippen molar-refractivity contribution in [3.8, 4) is 17.0 Å². The summed E-state index contributed by atoms with van der Waals surface area (Å²) in [6.45, 7) is 7.22. The highest BCUT2D eigenvalue weighted by molar-refractivity contribution is 5.77. The molecule has 0 aliphatic rings. The molecule has 2 N–H and O–H groups in total. The van der Waals surface area contributed by atoms with E-state index in [4.69, 9.17) is 10.5 Å². The third-order valence-electron chi connectivity index (χ3n) is 2.95. The van der Waals surface area contributed by atoms with Crippen LogP contribution in [0.3, 0.4) is 0 Å². The zero-order valence-electron chi connectivity index (χ0n) is 12.0. The van der Waals surface area contributed by atoms with Crippen molar-refractivity contribution in [1.29, 1.82) is 0 Å². The summed E-state index contributed by atoms with van der Waals surface area (Å²) < 4.78 is 7.30. The summed E-state index contributed by atoms with van der Waals surface area (Å²) in [5, 5.41) is 4.58. The van der Waals surface area contributed by atoms with E-state index in [0.29, 0.717) is 11.6 Å². The van der Waals surface area contributed by atoms with Crippen LogP contribution in [0.2, 0.25) is 0 Å². The van der Waals surface area contributed by atoms with Gasteiger partial charge >= 0.3 is 0 Å². The first-order chi connectivity index (χ1) is 9.01. The average Bonchev–Trinajstić information content (AvgIpc) is 2.69. The van der Waals surface area contributed by atoms with Crippen molar-refractivity contribution in [2.24, 2.45) is 5.92 Å². The van der Waals surface area contributed by atoms with E-state index in [1.54, 1.807) is 7.11 Å². The Hall–Kier alpha value is -1.97. The Bertz CT molecular complexity index is 573. The SMILES string of the molecule is COc1ccc(C)cc1-c1nn(CC(C)C)cc1N. The number of benzene rings is 1. The van der Waals surface area contributed by atoms with E-state index < -0.39 is 0 Å². The van der Waals surface area contributed by atoms with Gasteiger partial charge in [0.2, 0.25) is 0 Å². The van der Waals surface area contributed by atoms with Gasteiger partial charge in [-0.15, -0.1) is 0 Å². The number of hydrogen-bond acceptors (Lipinski definition) is 3. The summed E-state index contributed by atoms with van der Waals surface area (Å²) in [5.74, 6) is 1.33. The minimum atomic E-state index is 0.534. The van der Waals surface area contributed by atoms with Gasteiger partial charge in [-0.3, -0.25) is 4.68 Å². The van der Waals surface area contributed by atoms with Crippen molar-refractivity contribution in [3.05, 3.63) is 30.0 Å². The zero-order chi connectivity index (χ0) is 14.0. The summed E-state index contributed by atoms with van der Waals surface area (Å²) in [6.07, 6.45) is 1.89. The second-order valence-corrected chi connectivity index (χ2v) is 5.25. The third-order valence-corrected chi connectivity index (χ3v) is 2.95. The number of aromatic nitrogens is 2. The molecule has 0 unspecified atom stereocenters. The average molecular weight is 259 g/mol. The monoisotopic (exact) mass is 259 g/mol. The van der Waals surface area contributed by atoms with E-state index in [1.165, 1.54) is 0 Å². The molecule has 1 aromatic heterocycles. The van der Waals surface area contributed by atoms with Crippen LogP contribution in [-0.2, 0) is 6.54 Å². The number of nitrogens with zero attached hydrogens (tertiary/aromatic N) is 2. The van der Waals surface area contributed by atoms with E-state index in [1.807, 2.05) is 29.9 Å². The fourth-order valence-electron chi connectivity index (χ4n) is 2.12. The van der Waals surface area contributed by atoms with Crippen LogP contribution < -0.4 is 10.5 Å². The first-order valence-electron chi connectivity index (χ1n) is 6.49. The van der Waals surface area contributed by atoms with Crippen molar-refractivity contribution in [3.63, 3.8) is 0 Å². The molecule has 0 saturated carbocycles. The van der Waals surface area contributed by atoms with Crippen LogP contribution >= 0.6 is 0 Å². The van der Waals surface area contributed by atoms with Crippen molar-refractivity contribution >= 4 is 5.69 Å². The third kappa shape index (κ3) is 2.89. The minimum absolute atomic E-state index is 0.534. The molecule has 0 spiro atoms. The maximum Gasteiger partial charge on any atom is 0.128 e. The van der Waals surface area contributed by atoms with Crippen molar-refractivity contribution in [2.45, 2.75) is 27.3 Å². The molecular weight excluding hydrogens is 238 g/mol. The highest BCUT2D eigenvalue weighted by Crippen LogP contribution is 2.33. The smallest absolute Gasteiger partial charge is 0.128 e. The molecule has 2 aromatic rings.